The van der Waals surface area contributed by atoms with Crippen LogP contribution in [-0.4, -0.2) is 36.1 Å². The summed E-state index contributed by atoms with van der Waals surface area (Å²) in [5, 5.41) is 3.79. The number of benzene rings is 1. The van der Waals surface area contributed by atoms with E-state index < -0.39 is 0 Å². The first kappa shape index (κ1) is 15.1. The lowest BCUT2D eigenvalue weighted by atomic mass is 10.00. The average Bonchev–Trinajstić information content (AvgIpc) is 3.28. The Labute approximate surface area is 129 Å². The summed E-state index contributed by atoms with van der Waals surface area (Å²) < 4.78 is 0. The van der Waals surface area contributed by atoms with Gasteiger partial charge in [-0.05, 0) is 37.2 Å². The van der Waals surface area contributed by atoms with Crippen molar-refractivity contribution in [3.05, 3.63) is 35.9 Å². The van der Waals surface area contributed by atoms with Crippen LogP contribution in [0.25, 0.3) is 0 Å². The molecule has 1 aromatic rings. The van der Waals surface area contributed by atoms with Gasteiger partial charge in [0.25, 0.3) is 0 Å². The lowest BCUT2D eigenvalue weighted by Gasteiger charge is -2.41. The third kappa shape index (κ3) is 3.67. The van der Waals surface area contributed by atoms with Gasteiger partial charge in [0.2, 0.25) is 0 Å². The van der Waals surface area contributed by atoms with Crippen LogP contribution >= 0.6 is 0 Å². The first-order valence-corrected chi connectivity index (χ1v) is 8.84. The summed E-state index contributed by atoms with van der Waals surface area (Å²) in [6.07, 6.45) is 6.66. The van der Waals surface area contributed by atoms with Crippen LogP contribution in [0, 0.1) is 5.92 Å². The number of hydrogen-bond acceptors (Lipinski definition) is 2. The van der Waals surface area contributed by atoms with Gasteiger partial charge in [0, 0.05) is 31.2 Å². The Morgan fingerprint density at radius 1 is 1.19 bits per heavy atom. The minimum atomic E-state index is 0.623. The highest BCUT2D eigenvalue weighted by molar-refractivity contribution is 5.16. The molecule has 0 radical (unpaired) electrons. The quantitative estimate of drug-likeness (QED) is 0.861. The highest BCUT2D eigenvalue weighted by Gasteiger charge is 2.44. The van der Waals surface area contributed by atoms with E-state index in [4.69, 9.17) is 0 Å². The zero-order valence-electron chi connectivity index (χ0n) is 13.6. The smallest absolute Gasteiger partial charge is 0.0236 e. The molecule has 21 heavy (non-hydrogen) atoms. The number of rotatable bonds is 6. The van der Waals surface area contributed by atoms with Gasteiger partial charge in [-0.3, -0.25) is 4.90 Å². The minimum absolute atomic E-state index is 0.623. The Hall–Kier alpha value is -0.860. The second-order valence-corrected chi connectivity index (χ2v) is 6.91. The number of piperazine rings is 1. The Bertz CT molecular complexity index is 430. The molecule has 2 aliphatic rings. The average molecular weight is 286 g/mol. The molecule has 0 bridgehead atoms. The van der Waals surface area contributed by atoms with E-state index in [0.29, 0.717) is 6.04 Å². The van der Waals surface area contributed by atoms with E-state index in [1.54, 1.807) is 0 Å². The molecule has 1 saturated carbocycles. The fourth-order valence-corrected chi connectivity index (χ4v) is 4.03. The van der Waals surface area contributed by atoms with E-state index in [-0.39, 0.29) is 0 Å². The highest BCUT2D eigenvalue weighted by Crippen LogP contribution is 2.41. The topological polar surface area (TPSA) is 15.3 Å². The summed E-state index contributed by atoms with van der Waals surface area (Å²) >= 11 is 0. The maximum atomic E-state index is 3.79. The van der Waals surface area contributed by atoms with Crippen molar-refractivity contribution in [3.8, 4) is 0 Å². The van der Waals surface area contributed by atoms with Gasteiger partial charge in [0.05, 0.1) is 0 Å². The molecular formula is C19H30N2. The molecule has 116 valence electrons. The summed E-state index contributed by atoms with van der Waals surface area (Å²) in [7, 11) is 0. The van der Waals surface area contributed by atoms with Crippen molar-refractivity contribution >= 4 is 0 Å². The summed E-state index contributed by atoms with van der Waals surface area (Å²) in [5.74, 6) is 0.986. The molecule has 2 nitrogen and oxygen atoms in total. The zero-order chi connectivity index (χ0) is 14.7. The molecule has 2 fully saturated rings. The van der Waals surface area contributed by atoms with Gasteiger partial charge in [0.1, 0.15) is 0 Å². The lowest BCUT2D eigenvalue weighted by molar-refractivity contribution is 0.111. The maximum Gasteiger partial charge on any atom is 0.0236 e. The lowest BCUT2D eigenvalue weighted by Crippen LogP contribution is -2.57. The van der Waals surface area contributed by atoms with E-state index in [2.05, 4.69) is 54.4 Å². The second kappa shape index (κ2) is 6.93. The van der Waals surface area contributed by atoms with Crippen molar-refractivity contribution < 1.29 is 0 Å². The standard InChI is InChI=1S/C19H30N2/c1-3-8-16-12-19(16)21-14-17(20-13-18(21)4-2)11-15-9-6-5-7-10-15/h5-7,9-10,16-20H,3-4,8,11-14H2,1-2H3. The van der Waals surface area contributed by atoms with E-state index in [1.165, 1.54) is 50.8 Å². The van der Waals surface area contributed by atoms with E-state index in [9.17, 15) is 0 Å². The predicted molar refractivity (Wildman–Crippen MR) is 89.5 cm³/mol. The summed E-state index contributed by atoms with van der Waals surface area (Å²) in [6.45, 7) is 7.07. The molecule has 1 N–H and O–H groups in total. The molecule has 0 aromatic heterocycles. The Balaban J connectivity index is 1.59. The second-order valence-electron chi connectivity index (χ2n) is 6.91. The molecule has 4 atom stereocenters. The van der Waals surface area contributed by atoms with Gasteiger partial charge in [-0.15, -0.1) is 0 Å². The van der Waals surface area contributed by atoms with Crippen LogP contribution in [0.1, 0.15) is 45.1 Å². The highest BCUT2D eigenvalue weighted by atomic mass is 15.3. The normalized spacial score (nSPS) is 33.0. The van der Waals surface area contributed by atoms with Gasteiger partial charge in [-0.1, -0.05) is 50.6 Å². The molecule has 1 saturated heterocycles. The fraction of sp³-hybridized carbons (Fsp3) is 0.684. The van der Waals surface area contributed by atoms with Gasteiger partial charge in [-0.2, -0.15) is 0 Å². The number of nitrogens with zero attached hydrogens (tertiary/aromatic N) is 1. The van der Waals surface area contributed by atoms with Gasteiger partial charge in [0.15, 0.2) is 0 Å². The number of nitrogens with one attached hydrogen (secondary N) is 1. The molecular weight excluding hydrogens is 256 g/mol. The zero-order valence-corrected chi connectivity index (χ0v) is 13.6. The molecule has 3 rings (SSSR count). The first-order chi connectivity index (χ1) is 10.3. The van der Waals surface area contributed by atoms with E-state index in [0.717, 1.165) is 18.0 Å². The van der Waals surface area contributed by atoms with E-state index >= 15 is 0 Å². The maximum absolute atomic E-state index is 3.79. The molecule has 2 heteroatoms. The van der Waals surface area contributed by atoms with Gasteiger partial charge in [-0.25, -0.2) is 0 Å². The van der Waals surface area contributed by atoms with Crippen molar-refractivity contribution in [2.24, 2.45) is 5.92 Å². The van der Waals surface area contributed by atoms with Gasteiger partial charge < -0.3 is 5.32 Å². The van der Waals surface area contributed by atoms with Crippen LogP contribution in [-0.2, 0) is 6.42 Å². The molecule has 1 aliphatic heterocycles. The molecule has 4 unspecified atom stereocenters. The third-order valence-electron chi connectivity index (χ3n) is 5.31. The Morgan fingerprint density at radius 3 is 2.71 bits per heavy atom. The third-order valence-corrected chi connectivity index (χ3v) is 5.31. The molecule has 0 spiro atoms. The summed E-state index contributed by atoms with van der Waals surface area (Å²) in [5.41, 5.74) is 1.46. The van der Waals surface area contributed by atoms with Gasteiger partial charge >= 0.3 is 0 Å². The fourth-order valence-electron chi connectivity index (χ4n) is 4.03. The van der Waals surface area contributed by atoms with Crippen LogP contribution < -0.4 is 5.32 Å². The van der Waals surface area contributed by atoms with Crippen molar-refractivity contribution in [2.45, 2.75) is 64.1 Å². The van der Waals surface area contributed by atoms with Crippen LogP contribution in [0.2, 0.25) is 0 Å². The monoisotopic (exact) mass is 286 g/mol. The van der Waals surface area contributed by atoms with E-state index in [1.807, 2.05) is 0 Å². The number of hydrogen-bond donors (Lipinski definition) is 1. The summed E-state index contributed by atoms with van der Waals surface area (Å²) in [6, 6.07) is 13.2. The first-order valence-electron chi connectivity index (χ1n) is 8.84. The van der Waals surface area contributed by atoms with Crippen LogP contribution in [0.3, 0.4) is 0 Å². The Morgan fingerprint density at radius 2 is 2.00 bits per heavy atom. The van der Waals surface area contributed by atoms with Crippen molar-refractivity contribution in [1.82, 2.24) is 10.2 Å². The SMILES string of the molecule is CCCC1CC1N1CC(Cc2ccccc2)NCC1CC. The summed E-state index contributed by atoms with van der Waals surface area (Å²) in [4.78, 5) is 2.84. The minimum Gasteiger partial charge on any atom is -0.311 e. The molecule has 1 aliphatic carbocycles. The van der Waals surface area contributed by atoms with Crippen LogP contribution in [0.4, 0.5) is 0 Å². The Kier molecular flexibility index (Phi) is 4.97. The van der Waals surface area contributed by atoms with Crippen LogP contribution in [0.15, 0.2) is 30.3 Å². The van der Waals surface area contributed by atoms with Crippen molar-refractivity contribution in [1.29, 1.82) is 0 Å². The largest absolute Gasteiger partial charge is 0.311 e. The van der Waals surface area contributed by atoms with Crippen molar-refractivity contribution in [3.63, 3.8) is 0 Å². The van der Waals surface area contributed by atoms with Crippen LogP contribution in [0.5, 0.6) is 0 Å². The molecule has 1 heterocycles. The molecule has 0 amide bonds. The van der Waals surface area contributed by atoms with Crippen molar-refractivity contribution in [2.75, 3.05) is 13.1 Å². The predicted octanol–water partition coefficient (Wildman–Crippen LogP) is 3.47. The molecule has 1 aromatic carbocycles.